The summed E-state index contributed by atoms with van der Waals surface area (Å²) >= 11 is 0. The van der Waals surface area contributed by atoms with Crippen LogP contribution in [0, 0.1) is 5.92 Å². The molecule has 0 saturated carbocycles. The van der Waals surface area contributed by atoms with Gasteiger partial charge in [-0.3, -0.25) is 4.90 Å². The largest absolute Gasteiger partial charge is 0.527 e. The Labute approximate surface area is 125 Å². The molecule has 5 heteroatoms. The van der Waals surface area contributed by atoms with Gasteiger partial charge < -0.3 is 9.57 Å². The Morgan fingerprint density at radius 2 is 2.10 bits per heavy atom. The maximum atomic E-state index is 11.5. The average molecular weight is 290 g/mol. The summed E-state index contributed by atoms with van der Waals surface area (Å²) in [7, 11) is 0. The van der Waals surface area contributed by atoms with E-state index in [0.717, 1.165) is 32.6 Å². The van der Waals surface area contributed by atoms with Gasteiger partial charge in [-0.25, -0.2) is 4.79 Å². The second kappa shape index (κ2) is 6.45. The van der Waals surface area contributed by atoms with E-state index < -0.39 is 6.16 Å². The number of carbonyl (C=O) groups excluding carboxylic acids is 1. The molecule has 3 rings (SSSR count). The average Bonchev–Trinajstić information content (AvgIpc) is 3.02. The van der Waals surface area contributed by atoms with Crippen molar-refractivity contribution in [2.75, 3.05) is 26.2 Å². The molecule has 0 aliphatic carbocycles. The van der Waals surface area contributed by atoms with Gasteiger partial charge in [0, 0.05) is 26.2 Å². The Balaban J connectivity index is 1.55. The Kier molecular flexibility index (Phi) is 4.41. The van der Waals surface area contributed by atoms with Crippen molar-refractivity contribution in [2.45, 2.75) is 25.9 Å². The van der Waals surface area contributed by atoms with E-state index in [4.69, 9.17) is 9.57 Å². The van der Waals surface area contributed by atoms with Crippen LogP contribution in [0.15, 0.2) is 30.3 Å². The Bertz CT molecular complexity index is 480. The lowest BCUT2D eigenvalue weighted by Crippen LogP contribution is -2.37. The zero-order valence-electron chi connectivity index (χ0n) is 12.4. The SMILES string of the molecule is CCOC(=O)ON1CCC2CN(Cc3ccccc3)CC21. The second-order valence-electron chi connectivity index (χ2n) is 5.71. The number of hydrogen-bond acceptors (Lipinski definition) is 5. The topological polar surface area (TPSA) is 42.0 Å². The third-order valence-electron chi connectivity index (χ3n) is 4.28. The molecule has 2 fully saturated rings. The van der Waals surface area contributed by atoms with Gasteiger partial charge in [0.2, 0.25) is 0 Å². The van der Waals surface area contributed by atoms with Crippen LogP contribution in [0.4, 0.5) is 4.79 Å². The van der Waals surface area contributed by atoms with Crippen molar-refractivity contribution in [3.05, 3.63) is 35.9 Å². The minimum Gasteiger partial charge on any atom is -0.433 e. The lowest BCUT2D eigenvalue weighted by Gasteiger charge is -2.23. The molecule has 2 aliphatic heterocycles. The molecular weight excluding hydrogens is 268 g/mol. The molecule has 114 valence electrons. The zero-order valence-corrected chi connectivity index (χ0v) is 12.4. The Morgan fingerprint density at radius 3 is 2.86 bits per heavy atom. The highest BCUT2D eigenvalue weighted by Gasteiger charge is 2.43. The van der Waals surface area contributed by atoms with Crippen LogP contribution in [-0.4, -0.2) is 48.4 Å². The molecule has 2 heterocycles. The van der Waals surface area contributed by atoms with Crippen LogP contribution in [0.1, 0.15) is 18.9 Å². The van der Waals surface area contributed by atoms with E-state index in [9.17, 15) is 4.79 Å². The highest BCUT2D eigenvalue weighted by molar-refractivity contribution is 5.59. The molecule has 1 aromatic rings. The molecule has 5 nitrogen and oxygen atoms in total. The molecule has 0 bridgehead atoms. The van der Waals surface area contributed by atoms with Crippen molar-refractivity contribution >= 4 is 6.16 Å². The van der Waals surface area contributed by atoms with Crippen LogP contribution in [0.2, 0.25) is 0 Å². The number of benzene rings is 1. The van der Waals surface area contributed by atoms with Crippen LogP contribution < -0.4 is 0 Å². The maximum absolute atomic E-state index is 11.5. The van der Waals surface area contributed by atoms with Crippen molar-refractivity contribution in [3.63, 3.8) is 0 Å². The predicted molar refractivity (Wildman–Crippen MR) is 78.4 cm³/mol. The van der Waals surface area contributed by atoms with E-state index in [1.807, 2.05) is 11.1 Å². The third-order valence-corrected chi connectivity index (χ3v) is 4.28. The van der Waals surface area contributed by atoms with E-state index in [2.05, 4.69) is 29.2 Å². The molecule has 2 unspecified atom stereocenters. The molecule has 21 heavy (non-hydrogen) atoms. The fourth-order valence-corrected chi connectivity index (χ4v) is 3.33. The number of likely N-dealkylation sites (tertiary alicyclic amines) is 1. The minimum atomic E-state index is -0.584. The molecule has 0 amide bonds. The Hall–Kier alpha value is -1.59. The summed E-state index contributed by atoms with van der Waals surface area (Å²) in [6.45, 7) is 5.92. The van der Waals surface area contributed by atoms with E-state index in [1.165, 1.54) is 5.56 Å². The van der Waals surface area contributed by atoms with Gasteiger partial charge in [-0.15, -0.1) is 5.06 Å². The van der Waals surface area contributed by atoms with E-state index >= 15 is 0 Å². The van der Waals surface area contributed by atoms with E-state index in [-0.39, 0.29) is 0 Å². The number of carbonyl (C=O) groups is 1. The minimum absolute atomic E-state index is 0.304. The van der Waals surface area contributed by atoms with Crippen molar-refractivity contribution < 1.29 is 14.4 Å². The van der Waals surface area contributed by atoms with Crippen LogP contribution in [-0.2, 0) is 16.1 Å². The van der Waals surface area contributed by atoms with E-state index in [0.29, 0.717) is 18.6 Å². The molecule has 0 N–H and O–H groups in total. The van der Waals surface area contributed by atoms with Crippen LogP contribution in [0.5, 0.6) is 0 Å². The summed E-state index contributed by atoms with van der Waals surface area (Å²) in [5.74, 6) is 0.586. The predicted octanol–water partition coefficient (Wildman–Crippen LogP) is 2.28. The van der Waals surface area contributed by atoms with Gasteiger partial charge in [0.15, 0.2) is 0 Å². The molecule has 2 saturated heterocycles. The van der Waals surface area contributed by atoms with Crippen LogP contribution in [0.3, 0.4) is 0 Å². The smallest absolute Gasteiger partial charge is 0.433 e. The monoisotopic (exact) mass is 290 g/mol. The van der Waals surface area contributed by atoms with Gasteiger partial charge in [0.25, 0.3) is 0 Å². The van der Waals surface area contributed by atoms with Crippen LogP contribution in [0.25, 0.3) is 0 Å². The molecule has 0 spiro atoms. The third kappa shape index (κ3) is 3.36. The standard InChI is InChI=1S/C16H22N2O3/c1-2-20-16(19)21-18-9-8-14-11-17(12-15(14)18)10-13-6-4-3-5-7-13/h3-7,14-15H,2,8-12H2,1H3. The normalized spacial score (nSPS) is 25.8. The fourth-order valence-electron chi connectivity index (χ4n) is 3.33. The lowest BCUT2D eigenvalue weighted by molar-refractivity contribution is -0.137. The highest BCUT2D eigenvalue weighted by Crippen LogP contribution is 2.32. The number of ether oxygens (including phenoxy) is 1. The van der Waals surface area contributed by atoms with Gasteiger partial charge in [0.05, 0.1) is 12.6 Å². The van der Waals surface area contributed by atoms with Gasteiger partial charge >= 0.3 is 6.16 Å². The summed E-state index contributed by atoms with van der Waals surface area (Å²) in [6, 6.07) is 10.8. The Morgan fingerprint density at radius 1 is 1.29 bits per heavy atom. The molecule has 2 aliphatic rings. The first-order chi connectivity index (χ1) is 10.3. The first-order valence-corrected chi connectivity index (χ1v) is 7.64. The molecular formula is C16H22N2O3. The number of nitrogens with zero attached hydrogens (tertiary/aromatic N) is 2. The first-order valence-electron chi connectivity index (χ1n) is 7.64. The van der Waals surface area contributed by atoms with E-state index in [1.54, 1.807) is 6.92 Å². The molecule has 0 radical (unpaired) electrons. The number of rotatable bonds is 4. The zero-order chi connectivity index (χ0) is 14.7. The van der Waals surface area contributed by atoms with Crippen molar-refractivity contribution in [3.8, 4) is 0 Å². The fraction of sp³-hybridized carbons (Fsp3) is 0.562. The summed E-state index contributed by atoms with van der Waals surface area (Å²) in [5, 5.41) is 1.81. The van der Waals surface area contributed by atoms with Gasteiger partial charge in [-0.05, 0) is 24.8 Å². The number of hydroxylamine groups is 2. The summed E-state index contributed by atoms with van der Waals surface area (Å²) in [4.78, 5) is 19.2. The second-order valence-corrected chi connectivity index (χ2v) is 5.71. The first kappa shape index (κ1) is 14.4. The van der Waals surface area contributed by atoms with Crippen molar-refractivity contribution in [1.82, 2.24) is 9.96 Å². The van der Waals surface area contributed by atoms with Crippen molar-refractivity contribution in [1.29, 1.82) is 0 Å². The van der Waals surface area contributed by atoms with Gasteiger partial charge in [0.1, 0.15) is 0 Å². The molecule has 2 atom stereocenters. The summed E-state index contributed by atoms with van der Waals surface area (Å²) in [5.41, 5.74) is 1.33. The summed E-state index contributed by atoms with van der Waals surface area (Å²) in [6.07, 6.45) is 0.495. The maximum Gasteiger partial charge on any atom is 0.527 e. The van der Waals surface area contributed by atoms with Gasteiger partial charge in [-0.1, -0.05) is 30.3 Å². The summed E-state index contributed by atoms with van der Waals surface area (Å²) < 4.78 is 4.86. The van der Waals surface area contributed by atoms with Crippen molar-refractivity contribution in [2.24, 2.45) is 5.92 Å². The number of fused-ring (bicyclic) bond motifs is 1. The van der Waals surface area contributed by atoms with Gasteiger partial charge in [-0.2, -0.15) is 0 Å². The lowest BCUT2D eigenvalue weighted by atomic mass is 10.1. The molecule has 1 aromatic carbocycles. The highest BCUT2D eigenvalue weighted by atomic mass is 16.8. The number of hydrogen-bond donors (Lipinski definition) is 0. The molecule has 0 aromatic heterocycles. The van der Waals surface area contributed by atoms with Crippen LogP contribution >= 0.6 is 0 Å². The quantitative estimate of drug-likeness (QED) is 0.796.